The Labute approximate surface area is 102 Å². The van der Waals surface area contributed by atoms with Crippen LogP contribution in [0.15, 0.2) is 24.3 Å². The zero-order chi connectivity index (χ0) is 13.1. The Bertz CT molecular complexity index is 605. The normalized spacial score (nSPS) is 10.1. The molecule has 7 heteroatoms. The van der Waals surface area contributed by atoms with Crippen LogP contribution in [0.5, 0.6) is 0 Å². The van der Waals surface area contributed by atoms with Gasteiger partial charge in [-0.1, -0.05) is 12.1 Å². The lowest BCUT2D eigenvalue weighted by Gasteiger charge is -2.06. The fourth-order valence-corrected chi connectivity index (χ4v) is 1.53. The van der Waals surface area contributed by atoms with E-state index in [2.05, 4.69) is 19.8 Å². The lowest BCUT2D eigenvalue weighted by atomic mass is 10.3. The molecule has 1 amide bonds. The van der Waals surface area contributed by atoms with Gasteiger partial charge in [-0.2, -0.15) is 0 Å². The Balaban J connectivity index is 2.57. The van der Waals surface area contributed by atoms with Crippen molar-refractivity contribution in [2.45, 2.75) is 0 Å². The van der Waals surface area contributed by atoms with Crippen LogP contribution >= 0.6 is 0 Å². The number of rotatable bonds is 1. The van der Waals surface area contributed by atoms with Crippen LogP contribution in [0.4, 0.5) is 15.5 Å². The van der Waals surface area contributed by atoms with Gasteiger partial charge in [-0.25, -0.2) is 19.1 Å². The first kappa shape index (κ1) is 11.9. The van der Waals surface area contributed by atoms with Crippen LogP contribution in [0, 0.1) is 0 Å². The Morgan fingerprint density at radius 3 is 2.61 bits per heavy atom. The quantitative estimate of drug-likeness (QED) is 0.833. The average molecular weight is 249 g/mol. The maximum Gasteiger partial charge on any atom is 0.421 e. The van der Waals surface area contributed by atoms with Crippen molar-refractivity contribution in [1.82, 2.24) is 9.55 Å². The summed E-state index contributed by atoms with van der Waals surface area (Å²) in [6.45, 7) is 0. The highest BCUT2D eigenvalue weighted by Crippen LogP contribution is 2.19. The summed E-state index contributed by atoms with van der Waals surface area (Å²) in [4.78, 5) is 27.0. The molecule has 1 N–H and O–H groups in total. The summed E-state index contributed by atoms with van der Waals surface area (Å²) >= 11 is 0. The molecule has 2 rings (SSSR count). The maximum absolute atomic E-state index is 11.7. The number of methoxy groups -OCH3 is 2. The van der Waals surface area contributed by atoms with E-state index < -0.39 is 12.2 Å². The number of nitrogens with zero attached hydrogens (tertiary/aromatic N) is 2. The molecule has 0 saturated carbocycles. The summed E-state index contributed by atoms with van der Waals surface area (Å²) in [5.41, 5.74) is 1.10. The van der Waals surface area contributed by atoms with Gasteiger partial charge in [-0.3, -0.25) is 5.32 Å². The van der Waals surface area contributed by atoms with E-state index in [1.807, 2.05) is 0 Å². The van der Waals surface area contributed by atoms with Crippen molar-refractivity contribution in [2.75, 3.05) is 19.5 Å². The number of imidazole rings is 1. The Kier molecular flexibility index (Phi) is 3.13. The molecule has 1 aromatic carbocycles. The molecule has 18 heavy (non-hydrogen) atoms. The van der Waals surface area contributed by atoms with Gasteiger partial charge in [0.25, 0.3) is 0 Å². The largest absolute Gasteiger partial charge is 0.453 e. The lowest BCUT2D eigenvalue weighted by Crippen LogP contribution is -2.19. The monoisotopic (exact) mass is 249 g/mol. The first-order valence-electron chi connectivity index (χ1n) is 5.08. The number of anilines is 1. The predicted molar refractivity (Wildman–Crippen MR) is 63.6 cm³/mol. The number of nitrogens with one attached hydrogen (secondary N) is 1. The number of hydrogen-bond acceptors (Lipinski definition) is 5. The van der Waals surface area contributed by atoms with Crippen molar-refractivity contribution in [3.05, 3.63) is 24.3 Å². The number of ether oxygens (including phenoxy) is 2. The van der Waals surface area contributed by atoms with Crippen LogP contribution in [0.3, 0.4) is 0 Å². The molecule has 0 unspecified atom stereocenters. The zero-order valence-corrected chi connectivity index (χ0v) is 9.84. The summed E-state index contributed by atoms with van der Waals surface area (Å²) in [5, 5.41) is 2.35. The SMILES string of the molecule is COC(=O)Nc1nc2ccccc2n1C(=O)OC. The predicted octanol–water partition coefficient (Wildman–Crippen LogP) is 1.83. The minimum absolute atomic E-state index is 0.0508. The summed E-state index contributed by atoms with van der Waals surface area (Å²) in [6.07, 6.45) is -1.36. The van der Waals surface area contributed by atoms with E-state index in [0.29, 0.717) is 11.0 Å². The Morgan fingerprint density at radius 1 is 1.22 bits per heavy atom. The van der Waals surface area contributed by atoms with Crippen LogP contribution in [-0.4, -0.2) is 36.0 Å². The smallest absolute Gasteiger partial charge is 0.421 e. The molecular weight excluding hydrogens is 238 g/mol. The van der Waals surface area contributed by atoms with E-state index in [1.54, 1.807) is 24.3 Å². The second-order valence-electron chi connectivity index (χ2n) is 3.35. The van der Waals surface area contributed by atoms with E-state index in [-0.39, 0.29) is 5.95 Å². The van der Waals surface area contributed by atoms with Crippen LogP contribution < -0.4 is 5.32 Å². The summed E-state index contributed by atoms with van der Waals surface area (Å²) < 4.78 is 10.3. The van der Waals surface area contributed by atoms with Crippen LogP contribution in [0.25, 0.3) is 11.0 Å². The van der Waals surface area contributed by atoms with E-state index in [4.69, 9.17) is 0 Å². The van der Waals surface area contributed by atoms with Gasteiger partial charge in [0.1, 0.15) is 0 Å². The fourth-order valence-electron chi connectivity index (χ4n) is 1.53. The molecule has 1 heterocycles. The number of benzene rings is 1. The highest BCUT2D eigenvalue weighted by Gasteiger charge is 2.18. The van der Waals surface area contributed by atoms with Crippen LogP contribution in [0.1, 0.15) is 0 Å². The number of carbonyl (C=O) groups excluding carboxylic acids is 2. The molecule has 0 bridgehead atoms. The molecular formula is C11H11N3O4. The van der Waals surface area contributed by atoms with Crippen molar-refractivity contribution in [1.29, 1.82) is 0 Å². The molecule has 0 fully saturated rings. The lowest BCUT2D eigenvalue weighted by molar-refractivity contribution is 0.174. The van der Waals surface area contributed by atoms with E-state index in [9.17, 15) is 9.59 Å². The fraction of sp³-hybridized carbons (Fsp3) is 0.182. The molecule has 1 aromatic heterocycles. The summed E-state index contributed by atoms with van der Waals surface area (Å²) in [6, 6.07) is 6.95. The molecule has 0 aliphatic heterocycles. The van der Waals surface area contributed by atoms with Gasteiger partial charge in [0.15, 0.2) is 0 Å². The molecule has 7 nitrogen and oxygen atoms in total. The minimum Gasteiger partial charge on any atom is -0.453 e. The van der Waals surface area contributed by atoms with Gasteiger partial charge in [-0.15, -0.1) is 0 Å². The highest BCUT2D eigenvalue weighted by molar-refractivity contribution is 5.94. The van der Waals surface area contributed by atoms with E-state index >= 15 is 0 Å². The van der Waals surface area contributed by atoms with Crippen LogP contribution in [-0.2, 0) is 9.47 Å². The third-order valence-corrected chi connectivity index (χ3v) is 2.32. The number of amides is 1. The van der Waals surface area contributed by atoms with Gasteiger partial charge in [0.2, 0.25) is 5.95 Å². The molecule has 0 aliphatic rings. The van der Waals surface area contributed by atoms with Crippen LogP contribution in [0.2, 0.25) is 0 Å². The Hall–Kier alpha value is -2.57. The molecule has 2 aromatic rings. The highest BCUT2D eigenvalue weighted by atomic mass is 16.5. The third kappa shape index (κ3) is 1.97. The molecule has 0 saturated heterocycles. The van der Waals surface area contributed by atoms with E-state index in [0.717, 1.165) is 4.57 Å². The van der Waals surface area contributed by atoms with Gasteiger partial charge < -0.3 is 9.47 Å². The number of hydrogen-bond donors (Lipinski definition) is 1. The van der Waals surface area contributed by atoms with Crippen molar-refractivity contribution in [3.63, 3.8) is 0 Å². The summed E-state index contributed by atoms with van der Waals surface area (Å²) in [7, 11) is 2.47. The molecule has 0 atom stereocenters. The van der Waals surface area contributed by atoms with Gasteiger partial charge in [0.05, 0.1) is 25.3 Å². The van der Waals surface area contributed by atoms with Gasteiger partial charge in [-0.05, 0) is 12.1 Å². The van der Waals surface area contributed by atoms with Gasteiger partial charge >= 0.3 is 12.2 Å². The molecule has 0 aliphatic carbocycles. The maximum atomic E-state index is 11.7. The van der Waals surface area contributed by atoms with Crippen molar-refractivity contribution < 1.29 is 19.1 Å². The number of fused-ring (bicyclic) bond motifs is 1. The number of aromatic nitrogens is 2. The standard InChI is InChI=1S/C11H11N3O4/c1-17-10(15)13-9-12-7-5-3-4-6-8(7)14(9)11(16)18-2/h3-6H,1-2H3,(H,12,13,15). The first-order chi connectivity index (χ1) is 8.67. The Morgan fingerprint density at radius 2 is 1.94 bits per heavy atom. The molecule has 0 radical (unpaired) electrons. The average Bonchev–Trinajstić information content (AvgIpc) is 2.75. The van der Waals surface area contributed by atoms with Crippen molar-refractivity contribution in [3.8, 4) is 0 Å². The number of para-hydroxylation sites is 2. The second kappa shape index (κ2) is 4.74. The van der Waals surface area contributed by atoms with E-state index in [1.165, 1.54) is 14.2 Å². The third-order valence-electron chi connectivity index (χ3n) is 2.32. The summed E-state index contributed by atoms with van der Waals surface area (Å²) in [5.74, 6) is 0.0508. The molecule has 0 spiro atoms. The van der Waals surface area contributed by atoms with Crippen molar-refractivity contribution >= 4 is 29.2 Å². The second-order valence-corrected chi connectivity index (χ2v) is 3.35. The zero-order valence-electron chi connectivity index (χ0n) is 9.84. The minimum atomic E-state index is -0.713. The first-order valence-corrected chi connectivity index (χ1v) is 5.08. The van der Waals surface area contributed by atoms with Gasteiger partial charge in [0, 0.05) is 0 Å². The molecule has 94 valence electrons. The van der Waals surface area contributed by atoms with Crippen molar-refractivity contribution in [2.24, 2.45) is 0 Å². The number of carbonyl (C=O) groups is 2. The topological polar surface area (TPSA) is 82.5 Å².